The first-order valence-corrected chi connectivity index (χ1v) is 14.8. The van der Waals surface area contributed by atoms with E-state index in [1.165, 1.54) is 31.0 Å². The van der Waals surface area contributed by atoms with Crippen LogP contribution in [0.3, 0.4) is 0 Å². The number of benzene rings is 1. The molecule has 4 rings (SSSR count). The number of aromatic nitrogens is 1. The van der Waals surface area contributed by atoms with Gasteiger partial charge in [-0.2, -0.15) is 0 Å². The van der Waals surface area contributed by atoms with Crippen LogP contribution in [-0.2, 0) is 28.7 Å². The molecule has 1 saturated heterocycles. The molecule has 0 saturated carbocycles. The number of hydrogen-bond donors (Lipinski definition) is 3. The molecular formula is C31H38F3N5O6. The van der Waals surface area contributed by atoms with Crippen LogP contribution in [0.5, 0.6) is 0 Å². The Bertz CT molecular complexity index is 1480. The van der Waals surface area contributed by atoms with Crippen molar-refractivity contribution in [1.29, 1.82) is 0 Å². The summed E-state index contributed by atoms with van der Waals surface area (Å²) in [7, 11) is 0. The fourth-order valence-corrected chi connectivity index (χ4v) is 5.04. The number of hydrogen-bond acceptors (Lipinski definition) is 8. The molecule has 1 aromatic heterocycles. The van der Waals surface area contributed by atoms with Gasteiger partial charge in [0.2, 0.25) is 5.91 Å². The Labute approximate surface area is 258 Å². The Morgan fingerprint density at radius 2 is 1.76 bits per heavy atom. The number of pyridine rings is 1. The van der Waals surface area contributed by atoms with E-state index in [9.17, 15) is 32.3 Å². The predicted octanol–water partition coefficient (Wildman–Crippen LogP) is 3.55. The Balaban J connectivity index is 1.75. The minimum Gasteiger partial charge on any atom is -0.451 e. The number of carbonyl (C=O) groups is 4. The summed E-state index contributed by atoms with van der Waals surface area (Å²) in [6.07, 6.45) is -2.77. The standard InChI is InChI=1S/C31H38F3N5O6/c1-17(2)25-27(41)36-19(4)28(42)39-14-6-7-23(38-39)26(40)35-18(3)22-11-10-21-9-8-20(15-24(21)37-22)12-13-30(5,29(43)45-25)16-44-31(32,33)34/h8-13,15,17-19,23,25,38H,6-7,14,16H2,1-5H3,(H,35,40)(H,36,41)/t18-,19+,23+,25+,30-/m1/s1. The van der Waals surface area contributed by atoms with Crippen molar-refractivity contribution in [3.8, 4) is 0 Å². The van der Waals surface area contributed by atoms with Gasteiger partial charge < -0.3 is 15.4 Å². The molecular weight excluding hydrogens is 595 g/mol. The monoisotopic (exact) mass is 633 g/mol. The SMILES string of the molecule is CC(C)[C@@H]1OC(=O)[C@@](C)(COC(F)(F)F)C=Cc2ccc3ccc(nc3c2)[C@@H](C)NC(=O)[C@@H]2CCCN(N2)C(=O)[C@H](C)NC1=O. The Kier molecular flexibility index (Phi) is 10.2. The molecule has 0 spiro atoms. The number of nitrogens with zero attached hydrogens (tertiary/aromatic N) is 2. The molecule has 1 aromatic carbocycles. The molecule has 2 aromatic rings. The largest absolute Gasteiger partial charge is 0.522 e. The summed E-state index contributed by atoms with van der Waals surface area (Å²) in [5.74, 6) is -3.37. The fraction of sp³-hybridized carbons (Fsp3) is 0.516. The van der Waals surface area contributed by atoms with Gasteiger partial charge in [-0.3, -0.25) is 33.9 Å². The number of amides is 3. The lowest BCUT2D eigenvalue weighted by molar-refractivity contribution is -0.330. The highest BCUT2D eigenvalue weighted by molar-refractivity contribution is 5.91. The lowest BCUT2D eigenvalue weighted by Crippen LogP contribution is -2.61. The number of cyclic esters (lactones) is 1. The van der Waals surface area contributed by atoms with Crippen LogP contribution in [0, 0.1) is 11.3 Å². The highest BCUT2D eigenvalue weighted by Gasteiger charge is 2.42. The molecule has 1 fully saturated rings. The summed E-state index contributed by atoms with van der Waals surface area (Å²) in [6.45, 7) is 6.81. The van der Waals surface area contributed by atoms with E-state index in [0.29, 0.717) is 36.2 Å². The predicted molar refractivity (Wildman–Crippen MR) is 158 cm³/mol. The molecule has 11 nitrogen and oxygen atoms in total. The van der Waals surface area contributed by atoms with E-state index in [4.69, 9.17) is 4.74 Å². The smallest absolute Gasteiger partial charge is 0.451 e. The second kappa shape index (κ2) is 13.5. The molecule has 5 atom stereocenters. The zero-order valence-electron chi connectivity index (χ0n) is 25.7. The van der Waals surface area contributed by atoms with Gasteiger partial charge in [0.05, 0.1) is 23.9 Å². The fourth-order valence-electron chi connectivity index (χ4n) is 5.04. The summed E-state index contributed by atoms with van der Waals surface area (Å²) in [5, 5.41) is 7.52. The van der Waals surface area contributed by atoms with Crippen molar-refractivity contribution in [3.05, 3.63) is 47.7 Å². The van der Waals surface area contributed by atoms with Gasteiger partial charge in [-0.15, -0.1) is 13.2 Å². The Morgan fingerprint density at radius 1 is 1.07 bits per heavy atom. The maximum Gasteiger partial charge on any atom is 0.522 e. The molecule has 3 N–H and O–H groups in total. The quantitative estimate of drug-likeness (QED) is 0.437. The first-order chi connectivity index (χ1) is 21.1. The zero-order chi connectivity index (χ0) is 33.1. The number of hydrazine groups is 1. The average Bonchev–Trinajstić information content (AvgIpc) is 2.99. The lowest BCUT2D eigenvalue weighted by Gasteiger charge is -2.35. The average molecular weight is 634 g/mol. The number of alkyl halides is 3. The molecule has 244 valence electrons. The van der Waals surface area contributed by atoms with E-state index in [-0.39, 0.29) is 5.91 Å². The third kappa shape index (κ3) is 8.37. The van der Waals surface area contributed by atoms with Gasteiger partial charge in [0, 0.05) is 11.9 Å². The summed E-state index contributed by atoms with van der Waals surface area (Å²) >= 11 is 0. The molecule has 3 heterocycles. The lowest BCUT2D eigenvalue weighted by atomic mass is 9.90. The van der Waals surface area contributed by atoms with Crippen LogP contribution in [0.15, 0.2) is 36.4 Å². The summed E-state index contributed by atoms with van der Waals surface area (Å²) < 4.78 is 48.9. The summed E-state index contributed by atoms with van der Waals surface area (Å²) in [4.78, 5) is 57.8. The molecule has 0 aliphatic carbocycles. The van der Waals surface area contributed by atoms with Gasteiger partial charge in [0.15, 0.2) is 6.10 Å². The molecule has 0 radical (unpaired) electrons. The van der Waals surface area contributed by atoms with Crippen molar-refractivity contribution < 1.29 is 41.8 Å². The van der Waals surface area contributed by atoms with Crippen LogP contribution in [0.2, 0.25) is 0 Å². The van der Waals surface area contributed by atoms with Crippen LogP contribution in [0.25, 0.3) is 17.0 Å². The number of carbonyl (C=O) groups excluding carboxylic acids is 4. The van der Waals surface area contributed by atoms with Gasteiger partial charge in [0.25, 0.3) is 11.8 Å². The van der Waals surface area contributed by atoms with E-state index in [1.807, 2.05) is 6.07 Å². The molecule has 2 aliphatic heterocycles. The van der Waals surface area contributed by atoms with Crippen LogP contribution < -0.4 is 16.1 Å². The van der Waals surface area contributed by atoms with Gasteiger partial charge in [0.1, 0.15) is 17.5 Å². The summed E-state index contributed by atoms with van der Waals surface area (Å²) in [6, 6.07) is 6.50. The van der Waals surface area contributed by atoms with E-state index in [1.54, 1.807) is 45.0 Å². The van der Waals surface area contributed by atoms with Crippen LogP contribution in [0.1, 0.15) is 64.8 Å². The van der Waals surface area contributed by atoms with E-state index in [0.717, 1.165) is 5.39 Å². The van der Waals surface area contributed by atoms with Gasteiger partial charge in [-0.1, -0.05) is 44.2 Å². The second-order valence-electron chi connectivity index (χ2n) is 12.0. The third-order valence-corrected chi connectivity index (χ3v) is 7.78. The van der Waals surface area contributed by atoms with Gasteiger partial charge in [-0.25, -0.2) is 5.43 Å². The first-order valence-electron chi connectivity index (χ1n) is 14.8. The molecule has 45 heavy (non-hydrogen) atoms. The van der Waals surface area contributed by atoms with Crippen molar-refractivity contribution >= 4 is 40.7 Å². The van der Waals surface area contributed by atoms with Gasteiger partial charge >= 0.3 is 12.3 Å². The minimum absolute atomic E-state index is 0.291. The topological polar surface area (TPSA) is 139 Å². The van der Waals surface area contributed by atoms with Crippen molar-refractivity contribution in [2.24, 2.45) is 11.3 Å². The number of nitrogens with one attached hydrogen (secondary N) is 3. The third-order valence-electron chi connectivity index (χ3n) is 7.78. The first kappa shape index (κ1) is 33.8. The second-order valence-corrected chi connectivity index (χ2v) is 12.0. The van der Waals surface area contributed by atoms with E-state index < -0.39 is 66.3 Å². The molecule has 2 aliphatic rings. The van der Waals surface area contributed by atoms with Crippen LogP contribution in [-0.4, -0.2) is 71.4 Å². The highest BCUT2D eigenvalue weighted by Crippen LogP contribution is 2.29. The normalized spacial score (nSPS) is 27.4. The Morgan fingerprint density at radius 3 is 2.44 bits per heavy atom. The number of ether oxygens (including phenoxy) is 2. The number of esters is 1. The van der Waals surface area contributed by atoms with Crippen molar-refractivity contribution in [2.75, 3.05) is 13.2 Å². The number of rotatable bonds is 3. The van der Waals surface area contributed by atoms with Gasteiger partial charge in [-0.05, 0) is 57.2 Å². The highest BCUT2D eigenvalue weighted by atomic mass is 19.4. The molecule has 3 amide bonds. The zero-order valence-corrected chi connectivity index (χ0v) is 25.7. The van der Waals surface area contributed by atoms with Crippen molar-refractivity contribution in [2.45, 2.75) is 78.1 Å². The molecule has 14 heteroatoms. The Hall–Kier alpha value is -4.04. The number of fused-ring (bicyclic) bond motifs is 4. The molecule has 5 bridgehead atoms. The van der Waals surface area contributed by atoms with Crippen molar-refractivity contribution in [1.82, 2.24) is 26.1 Å². The minimum atomic E-state index is -5.03. The van der Waals surface area contributed by atoms with Crippen LogP contribution >= 0.6 is 0 Å². The van der Waals surface area contributed by atoms with Crippen LogP contribution in [0.4, 0.5) is 13.2 Å². The summed E-state index contributed by atoms with van der Waals surface area (Å²) in [5.41, 5.74) is 2.62. The maximum atomic E-state index is 13.5. The maximum absolute atomic E-state index is 13.5. The van der Waals surface area contributed by atoms with E-state index >= 15 is 0 Å². The van der Waals surface area contributed by atoms with Crippen molar-refractivity contribution in [3.63, 3.8) is 0 Å². The number of halogens is 3. The van der Waals surface area contributed by atoms with E-state index in [2.05, 4.69) is 25.8 Å². The molecule has 0 unspecified atom stereocenters.